The van der Waals surface area contributed by atoms with Gasteiger partial charge in [-0.05, 0) is 9.81 Å². The fourth-order valence-electron chi connectivity index (χ4n) is 2.26. The Hall–Kier alpha value is -0.860. The molecule has 2 heteroatoms. The molecule has 3 aliphatic rings. The Balaban J connectivity index is 2.03. The topological polar surface area (TPSA) is 0 Å². The summed E-state index contributed by atoms with van der Waals surface area (Å²) in [5.74, 6) is 1.01. The van der Waals surface area contributed by atoms with Crippen molar-refractivity contribution in [3.63, 3.8) is 0 Å². The molecule has 17 heavy (non-hydrogen) atoms. The maximum atomic E-state index is 2.34. The first-order chi connectivity index (χ1) is 8.45. The molecule has 3 rings (SSSR count). The Kier molecular flexibility index (Phi) is 3.44. The van der Waals surface area contributed by atoms with Crippen LogP contribution in [0.25, 0.3) is 0 Å². The predicted molar refractivity (Wildman–Crippen MR) is 79.8 cm³/mol. The quantitative estimate of drug-likeness (QED) is 0.619. The summed E-state index contributed by atoms with van der Waals surface area (Å²) >= 11 is 3.95. The molecule has 0 aromatic rings. The summed E-state index contributed by atoms with van der Waals surface area (Å²) < 4.78 is 0. The largest absolute Gasteiger partial charge is 0.119 e. The van der Waals surface area contributed by atoms with E-state index < -0.39 is 0 Å². The van der Waals surface area contributed by atoms with Gasteiger partial charge in [0.05, 0.1) is 0 Å². The highest BCUT2D eigenvalue weighted by molar-refractivity contribution is 8.19. The molecule has 0 amide bonds. The standard InChI is InChI=1S/C15H14S2/c1-3-7-12-13-8-4-2-6-10-15(13)17-11-16-14(12)9-5-1/h1-10,12-13H,11H2. The second-order valence-electron chi connectivity index (χ2n) is 4.14. The van der Waals surface area contributed by atoms with Crippen molar-refractivity contribution in [2.24, 2.45) is 11.8 Å². The van der Waals surface area contributed by atoms with Crippen molar-refractivity contribution < 1.29 is 0 Å². The summed E-state index contributed by atoms with van der Waals surface area (Å²) in [6.07, 6.45) is 22.1. The van der Waals surface area contributed by atoms with Gasteiger partial charge in [-0.3, -0.25) is 0 Å². The van der Waals surface area contributed by atoms with Crippen LogP contribution < -0.4 is 0 Å². The zero-order valence-electron chi connectivity index (χ0n) is 9.45. The molecule has 0 bridgehead atoms. The van der Waals surface area contributed by atoms with E-state index in [4.69, 9.17) is 0 Å². The summed E-state index contributed by atoms with van der Waals surface area (Å²) in [4.78, 5) is 2.98. The minimum absolute atomic E-state index is 0.507. The Morgan fingerprint density at radius 1 is 0.706 bits per heavy atom. The Bertz CT molecular complexity index is 431. The highest BCUT2D eigenvalue weighted by atomic mass is 32.2. The highest BCUT2D eigenvalue weighted by Crippen LogP contribution is 2.46. The van der Waals surface area contributed by atoms with Crippen LogP contribution in [0.2, 0.25) is 0 Å². The molecule has 0 nitrogen and oxygen atoms in total. The highest BCUT2D eigenvalue weighted by Gasteiger charge is 2.28. The van der Waals surface area contributed by atoms with E-state index >= 15 is 0 Å². The van der Waals surface area contributed by atoms with Crippen LogP contribution >= 0.6 is 23.5 Å². The first kappa shape index (κ1) is 11.2. The predicted octanol–water partition coefficient (Wildman–Crippen LogP) is 4.68. The SMILES string of the molecule is C1=CC=C2SCSC3=CC=CC=CC3C2C=C1. The smallest absolute Gasteiger partial charge is 0.0480 e. The Labute approximate surface area is 111 Å². The molecule has 0 radical (unpaired) electrons. The van der Waals surface area contributed by atoms with Gasteiger partial charge < -0.3 is 0 Å². The van der Waals surface area contributed by atoms with Crippen LogP contribution in [-0.2, 0) is 0 Å². The zero-order valence-corrected chi connectivity index (χ0v) is 11.1. The molecule has 0 N–H and O–H groups in total. The molecule has 1 saturated heterocycles. The van der Waals surface area contributed by atoms with Crippen molar-refractivity contribution in [2.45, 2.75) is 0 Å². The van der Waals surface area contributed by atoms with Gasteiger partial charge in [-0.1, -0.05) is 60.8 Å². The molecule has 0 aromatic carbocycles. The van der Waals surface area contributed by atoms with E-state index in [2.05, 4.69) is 60.8 Å². The molecule has 2 atom stereocenters. The summed E-state index contributed by atoms with van der Waals surface area (Å²) in [5.41, 5.74) is 0. The van der Waals surface area contributed by atoms with Gasteiger partial charge in [0.25, 0.3) is 0 Å². The fraction of sp³-hybridized carbons (Fsp3) is 0.200. The zero-order chi connectivity index (χ0) is 11.5. The number of hydrogen-bond acceptors (Lipinski definition) is 2. The van der Waals surface area contributed by atoms with Gasteiger partial charge in [0.15, 0.2) is 0 Å². The molecule has 1 heterocycles. The van der Waals surface area contributed by atoms with Crippen LogP contribution in [0, 0.1) is 11.8 Å². The maximum absolute atomic E-state index is 2.34. The lowest BCUT2D eigenvalue weighted by molar-refractivity contribution is 0.660. The first-order valence-electron chi connectivity index (χ1n) is 5.81. The van der Waals surface area contributed by atoms with Gasteiger partial charge >= 0.3 is 0 Å². The molecule has 2 unspecified atom stereocenters. The number of thioether (sulfide) groups is 2. The minimum Gasteiger partial charge on any atom is -0.119 e. The van der Waals surface area contributed by atoms with E-state index in [9.17, 15) is 0 Å². The summed E-state index contributed by atoms with van der Waals surface area (Å²) in [7, 11) is 0. The van der Waals surface area contributed by atoms with E-state index in [1.54, 1.807) is 0 Å². The van der Waals surface area contributed by atoms with E-state index in [1.807, 2.05) is 23.5 Å². The maximum Gasteiger partial charge on any atom is 0.0480 e. The van der Waals surface area contributed by atoms with Gasteiger partial charge in [-0.25, -0.2) is 0 Å². The van der Waals surface area contributed by atoms with Gasteiger partial charge in [-0.15, -0.1) is 23.5 Å². The molecule has 0 saturated carbocycles. The van der Waals surface area contributed by atoms with E-state index in [0.717, 1.165) is 5.08 Å². The lowest BCUT2D eigenvalue weighted by atomic mass is 9.90. The summed E-state index contributed by atoms with van der Waals surface area (Å²) in [5, 5.41) is 1.12. The van der Waals surface area contributed by atoms with Crippen LogP contribution in [0.4, 0.5) is 0 Å². The molecule has 2 aliphatic carbocycles. The van der Waals surface area contributed by atoms with Gasteiger partial charge in [0, 0.05) is 16.9 Å². The van der Waals surface area contributed by atoms with E-state index in [-0.39, 0.29) is 0 Å². The van der Waals surface area contributed by atoms with Crippen LogP contribution in [-0.4, -0.2) is 5.08 Å². The van der Waals surface area contributed by atoms with Crippen LogP contribution in [0.15, 0.2) is 70.6 Å². The summed E-state index contributed by atoms with van der Waals surface area (Å²) in [6, 6.07) is 0. The van der Waals surface area contributed by atoms with Gasteiger partial charge in [0.1, 0.15) is 0 Å². The van der Waals surface area contributed by atoms with Gasteiger partial charge in [-0.2, -0.15) is 0 Å². The third-order valence-electron chi connectivity index (χ3n) is 3.10. The van der Waals surface area contributed by atoms with Crippen molar-refractivity contribution in [2.75, 3.05) is 5.08 Å². The molecule has 86 valence electrons. The lowest BCUT2D eigenvalue weighted by Gasteiger charge is -2.21. The Morgan fingerprint density at radius 2 is 1.24 bits per heavy atom. The summed E-state index contributed by atoms with van der Waals surface area (Å²) in [6.45, 7) is 0. The van der Waals surface area contributed by atoms with Crippen molar-refractivity contribution >= 4 is 23.5 Å². The first-order valence-corrected chi connectivity index (χ1v) is 7.78. The lowest BCUT2D eigenvalue weighted by Crippen LogP contribution is -2.11. The van der Waals surface area contributed by atoms with Crippen LogP contribution in [0.3, 0.4) is 0 Å². The second kappa shape index (κ2) is 5.19. The number of rotatable bonds is 0. The minimum atomic E-state index is 0.507. The molecule has 1 aliphatic heterocycles. The average Bonchev–Trinajstić information content (AvgIpc) is 2.72. The normalized spacial score (nSPS) is 30.6. The molecule has 0 spiro atoms. The van der Waals surface area contributed by atoms with Gasteiger partial charge in [0.2, 0.25) is 0 Å². The number of allylic oxidation sites excluding steroid dienone is 12. The van der Waals surface area contributed by atoms with Crippen molar-refractivity contribution in [1.29, 1.82) is 0 Å². The average molecular weight is 258 g/mol. The second-order valence-corrected chi connectivity index (χ2v) is 6.60. The fourth-order valence-corrected chi connectivity index (χ4v) is 4.77. The Morgan fingerprint density at radius 3 is 1.76 bits per heavy atom. The molecule has 1 fully saturated rings. The molecular formula is C15H14S2. The van der Waals surface area contributed by atoms with E-state index in [1.165, 1.54) is 9.81 Å². The van der Waals surface area contributed by atoms with Crippen LogP contribution in [0.1, 0.15) is 0 Å². The van der Waals surface area contributed by atoms with Crippen molar-refractivity contribution in [1.82, 2.24) is 0 Å². The van der Waals surface area contributed by atoms with E-state index in [0.29, 0.717) is 11.8 Å². The molecular weight excluding hydrogens is 244 g/mol. The third kappa shape index (κ3) is 2.38. The number of hydrogen-bond donors (Lipinski definition) is 0. The van der Waals surface area contributed by atoms with Crippen LogP contribution in [0.5, 0.6) is 0 Å². The monoisotopic (exact) mass is 258 g/mol. The molecule has 0 aromatic heterocycles. The third-order valence-corrected chi connectivity index (χ3v) is 5.52. The van der Waals surface area contributed by atoms with Crippen molar-refractivity contribution in [3.8, 4) is 0 Å². The number of fused-ring (bicyclic) bond motifs is 3. The van der Waals surface area contributed by atoms with Crippen molar-refractivity contribution in [3.05, 3.63) is 70.6 Å².